The molecule has 0 radical (unpaired) electrons. The van der Waals surface area contributed by atoms with Crippen molar-refractivity contribution in [2.75, 3.05) is 31.5 Å². The molecule has 0 saturated carbocycles. The lowest BCUT2D eigenvalue weighted by Crippen LogP contribution is -2.40. The fourth-order valence-electron chi connectivity index (χ4n) is 3.19. The zero-order chi connectivity index (χ0) is 15.9. The van der Waals surface area contributed by atoms with E-state index in [1.165, 1.54) is 19.5 Å². The fraction of sp³-hybridized carbons (Fsp3) is 0.588. The van der Waals surface area contributed by atoms with Crippen LogP contribution in [-0.4, -0.2) is 36.2 Å². The standard InChI is InChI=1S/C17H26ClN3S/c1-13-10-14(2)12-21(11-13)9-3-8-19-17(22)20-16-6-4-15(18)5-7-16/h4-7,13-14H,3,8-12H2,1-2H3,(H2,19,20,22). The molecule has 1 heterocycles. The zero-order valence-electron chi connectivity index (χ0n) is 13.4. The molecule has 1 aromatic rings. The van der Waals surface area contributed by atoms with Gasteiger partial charge in [-0.1, -0.05) is 25.4 Å². The van der Waals surface area contributed by atoms with Crippen LogP contribution in [0.5, 0.6) is 0 Å². The highest BCUT2D eigenvalue weighted by Gasteiger charge is 2.20. The molecule has 1 saturated heterocycles. The van der Waals surface area contributed by atoms with Crippen molar-refractivity contribution in [3.05, 3.63) is 29.3 Å². The molecule has 2 N–H and O–H groups in total. The Hall–Kier alpha value is -0.840. The summed E-state index contributed by atoms with van der Waals surface area (Å²) >= 11 is 11.2. The second-order valence-corrected chi connectivity index (χ2v) is 7.29. The van der Waals surface area contributed by atoms with E-state index in [2.05, 4.69) is 29.4 Å². The lowest BCUT2D eigenvalue weighted by molar-refractivity contribution is 0.140. The van der Waals surface area contributed by atoms with E-state index in [-0.39, 0.29) is 0 Å². The number of rotatable bonds is 5. The molecule has 0 amide bonds. The van der Waals surface area contributed by atoms with Gasteiger partial charge in [0.25, 0.3) is 0 Å². The number of piperidine rings is 1. The minimum atomic E-state index is 0.669. The highest BCUT2D eigenvalue weighted by atomic mass is 35.5. The Morgan fingerprint density at radius 3 is 2.50 bits per heavy atom. The second kappa shape index (κ2) is 8.70. The SMILES string of the molecule is CC1CC(C)CN(CCCNC(=S)Nc2ccc(Cl)cc2)C1. The van der Waals surface area contributed by atoms with Gasteiger partial charge in [-0.2, -0.15) is 0 Å². The van der Waals surface area contributed by atoms with Gasteiger partial charge in [0, 0.05) is 30.3 Å². The van der Waals surface area contributed by atoms with Gasteiger partial charge in [0.05, 0.1) is 0 Å². The van der Waals surface area contributed by atoms with Crippen LogP contribution < -0.4 is 10.6 Å². The molecule has 0 spiro atoms. The summed E-state index contributed by atoms with van der Waals surface area (Å²) in [5.74, 6) is 1.65. The largest absolute Gasteiger partial charge is 0.362 e. The highest BCUT2D eigenvalue weighted by Crippen LogP contribution is 2.20. The molecule has 1 fully saturated rings. The van der Waals surface area contributed by atoms with Crippen LogP contribution in [0.2, 0.25) is 5.02 Å². The van der Waals surface area contributed by atoms with Crippen LogP contribution in [0.3, 0.4) is 0 Å². The molecule has 0 bridgehead atoms. The summed E-state index contributed by atoms with van der Waals surface area (Å²) in [6.07, 6.45) is 2.48. The molecular formula is C17H26ClN3S. The Morgan fingerprint density at radius 2 is 1.86 bits per heavy atom. The first-order chi connectivity index (χ1) is 10.5. The van der Waals surface area contributed by atoms with E-state index in [1.54, 1.807) is 0 Å². The first-order valence-corrected chi connectivity index (χ1v) is 8.84. The number of anilines is 1. The molecule has 2 unspecified atom stereocenters. The van der Waals surface area contributed by atoms with Gasteiger partial charge in [-0.15, -0.1) is 0 Å². The van der Waals surface area contributed by atoms with E-state index in [0.717, 1.165) is 42.1 Å². The third-order valence-electron chi connectivity index (χ3n) is 3.98. The predicted molar refractivity (Wildman–Crippen MR) is 99.7 cm³/mol. The van der Waals surface area contributed by atoms with Gasteiger partial charge < -0.3 is 15.5 Å². The fourth-order valence-corrected chi connectivity index (χ4v) is 3.53. The minimum Gasteiger partial charge on any atom is -0.362 e. The van der Waals surface area contributed by atoms with Gasteiger partial charge in [0.15, 0.2) is 5.11 Å². The summed E-state index contributed by atoms with van der Waals surface area (Å²) in [6, 6.07) is 7.55. The third-order valence-corrected chi connectivity index (χ3v) is 4.48. The number of nitrogens with one attached hydrogen (secondary N) is 2. The van der Waals surface area contributed by atoms with Crippen LogP contribution in [0, 0.1) is 11.8 Å². The minimum absolute atomic E-state index is 0.669. The van der Waals surface area contributed by atoms with Crippen molar-refractivity contribution >= 4 is 34.6 Å². The Labute approximate surface area is 144 Å². The van der Waals surface area contributed by atoms with Gasteiger partial charge in [0.1, 0.15) is 0 Å². The smallest absolute Gasteiger partial charge is 0.170 e. The number of hydrogen-bond donors (Lipinski definition) is 2. The van der Waals surface area contributed by atoms with Crippen LogP contribution >= 0.6 is 23.8 Å². The second-order valence-electron chi connectivity index (χ2n) is 6.45. The molecule has 0 aromatic heterocycles. The number of benzene rings is 1. The quantitative estimate of drug-likeness (QED) is 0.626. The summed E-state index contributed by atoms with van der Waals surface area (Å²) in [4.78, 5) is 2.58. The molecule has 5 heteroatoms. The zero-order valence-corrected chi connectivity index (χ0v) is 15.0. The van der Waals surface area contributed by atoms with Crippen molar-refractivity contribution in [1.29, 1.82) is 0 Å². The summed E-state index contributed by atoms with van der Waals surface area (Å²) in [6.45, 7) is 9.22. The van der Waals surface area contributed by atoms with Crippen LogP contribution in [0.25, 0.3) is 0 Å². The Bertz CT molecular complexity index is 467. The molecule has 2 rings (SSSR count). The molecule has 1 aliphatic heterocycles. The maximum Gasteiger partial charge on any atom is 0.170 e. The van der Waals surface area contributed by atoms with Gasteiger partial charge in [-0.25, -0.2) is 0 Å². The van der Waals surface area contributed by atoms with E-state index in [0.29, 0.717) is 5.11 Å². The number of nitrogens with zero attached hydrogens (tertiary/aromatic N) is 1. The first-order valence-electron chi connectivity index (χ1n) is 8.05. The van der Waals surface area contributed by atoms with Gasteiger partial charge in [-0.05, 0) is 67.7 Å². The molecular weight excluding hydrogens is 314 g/mol. The maximum atomic E-state index is 5.86. The van der Waals surface area contributed by atoms with E-state index in [4.69, 9.17) is 23.8 Å². The van der Waals surface area contributed by atoms with E-state index >= 15 is 0 Å². The number of thiocarbonyl (C=S) groups is 1. The topological polar surface area (TPSA) is 27.3 Å². The van der Waals surface area contributed by atoms with Crippen molar-refractivity contribution in [3.8, 4) is 0 Å². The molecule has 22 heavy (non-hydrogen) atoms. The van der Waals surface area contributed by atoms with Crippen molar-refractivity contribution < 1.29 is 0 Å². The van der Waals surface area contributed by atoms with Crippen molar-refractivity contribution in [3.63, 3.8) is 0 Å². The molecule has 1 aliphatic rings. The molecule has 2 atom stereocenters. The van der Waals surface area contributed by atoms with Gasteiger partial charge in [-0.3, -0.25) is 0 Å². The first kappa shape index (κ1) is 17.5. The highest BCUT2D eigenvalue weighted by molar-refractivity contribution is 7.80. The van der Waals surface area contributed by atoms with E-state index in [9.17, 15) is 0 Å². The predicted octanol–water partition coefficient (Wildman–Crippen LogP) is 3.99. The average molecular weight is 340 g/mol. The Morgan fingerprint density at radius 1 is 1.23 bits per heavy atom. The number of likely N-dealkylation sites (tertiary alicyclic amines) is 1. The molecule has 122 valence electrons. The van der Waals surface area contributed by atoms with E-state index < -0.39 is 0 Å². The molecule has 1 aromatic carbocycles. The van der Waals surface area contributed by atoms with Gasteiger partial charge in [0.2, 0.25) is 0 Å². The molecule has 3 nitrogen and oxygen atoms in total. The summed E-state index contributed by atoms with van der Waals surface area (Å²) in [5, 5.41) is 7.84. The summed E-state index contributed by atoms with van der Waals surface area (Å²) in [7, 11) is 0. The van der Waals surface area contributed by atoms with Crippen molar-refractivity contribution in [2.45, 2.75) is 26.7 Å². The lowest BCUT2D eigenvalue weighted by Gasteiger charge is -2.34. The van der Waals surface area contributed by atoms with Crippen LogP contribution in [0.4, 0.5) is 5.69 Å². The number of hydrogen-bond acceptors (Lipinski definition) is 2. The summed E-state index contributed by atoms with van der Waals surface area (Å²) < 4.78 is 0. The van der Waals surface area contributed by atoms with Crippen LogP contribution in [0.1, 0.15) is 26.7 Å². The summed E-state index contributed by atoms with van der Waals surface area (Å²) in [5.41, 5.74) is 0.959. The monoisotopic (exact) mass is 339 g/mol. The average Bonchev–Trinajstić information content (AvgIpc) is 2.45. The third kappa shape index (κ3) is 6.11. The van der Waals surface area contributed by atoms with Crippen molar-refractivity contribution in [1.82, 2.24) is 10.2 Å². The maximum absolute atomic E-state index is 5.86. The molecule has 0 aliphatic carbocycles. The van der Waals surface area contributed by atoms with Gasteiger partial charge >= 0.3 is 0 Å². The normalized spacial score (nSPS) is 22.3. The van der Waals surface area contributed by atoms with Crippen LogP contribution in [-0.2, 0) is 0 Å². The number of halogens is 1. The lowest BCUT2D eigenvalue weighted by atomic mass is 9.92. The Kier molecular flexibility index (Phi) is 6.93. The Balaban J connectivity index is 1.62. The van der Waals surface area contributed by atoms with Crippen LogP contribution in [0.15, 0.2) is 24.3 Å². The van der Waals surface area contributed by atoms with E-state index in [1.807, 2.05) is 24.3 Å². The van der Waals surface area contributed by atoms with Crippen molar-refractivity contribution in [2.24, 2.45) is 11.8 Å².